The van der Waals surface area contributed by atoms with Gasteiger partial charge in [0.1, 0.15) is 30.3 Å². The summed E-state index contributed by atoms with van der Waals surface area (Å²) in [4.78, 5) is 2.29. The zero-order valence-electron chi connectivity index (χ0n) is 21.2. The summed E-state index contributed by atoms with van der Waals surface area (Å²) in [5.74, 6) is 1.60. The number of rotatable bonds is 9. The molecule has 2 aromatic carbocycles. The van der Waals surface area contributed by atoms with Gasteiger partial charge >= 0.3 is 0 Å². The lowest BCUT2D eigenvalue weighted by Crippen LogP contribution is -2.51. The number of aromatic nitrogens is 2. The molecule has 6 nitrogen and oxygen atoms in total. The average molecular weight is 498 g/mol. The predicted octanol–water partition coefficient (Wildman–Crippen LogP) is 5.26. The molecule has 1 aliphatic heterocycles. The Balaban J connectivity index is 1.30. The first kappa shape index (κ1) is 25.5. The summed E-state index contributed by atoms with van der Waals surface area (Å²) in [5, 5.41) is 16.5. The van der Waals surface area contributed by atoms with Crippen LogP contribution < -0.4 is 9.47 Å². The Bertz CT molecular complexity index is 1140. The van der Waals surface area contributed by atoms with Crippen molar-refractivity contribution in [2.45, 2.75) is 59.2 Å². The molecule has 4 rings (SSSR count). The van der Waals surface area contributed by atoms with Crippen LogP contribution in [-0.4, -0.2) is 51.7 Å². The lowest BCUT2D eigenvalue weighted by atomic mass is 9.93. The van der Waals surface area contributed by atoms with Gasteiger partial charge < -0.3 is 14.6 Å². The normalized spacial score (nSPS) is 18.6. The van der Waals surface area contributed by atoms with Crippen molar-refractivity contribution < 1.29 is 14.6 Å². The molecule has 1 atom stereocenters. The van der Waals surface area contributed by atoms with E-state index >= 15 is 0 Å². The molecule has 0 aliphatic carbocycles. The number of aliphatic hydroxyl groups is 1. The van der Waals surface area contributed by atoms with Gasteiger partial charge in [-0.15, -0.1) is 0 Å². The second kappa shape index (κ2) is 11.0. The summed E-state index contributed by atoms with van der Waals surface area (Å²) in [6.07, 6.45) is 1.65. The molecule has 0 unspecified atom stereocenters. The standard InChI is InChI=1S/C28H36ClN3O3/c1-20-13-26(14-21(2)27(20)29)35-19-28(33)9-6-10-31(18-28)17-24-7-5-8-25(16-24)34-12-11-32-23(4)15-22(3)30-32/h5,7-8,13-16,33H,6,9-12,17-19H2,1-4H3/t28-/m0/s1. The van der Waals surface area contributed by atoms with Gasteiger partial charge in [0.2, 0.25) is 0 Å². The van der Waals surface area contributed by atoms with Crippen molar-refractivity contribution >= 4 is 11.6 Å². The Morgan fingerprint density at radius 1 is 1.03 bits per heavy atom. The van der Waals surface area contributed by atoms with E-state index in [1.807, 2.05) is 49.7 Å². The van der Waals surface area contributed by atoms with Crippen LogP contribution in [0.3, 0.4) is 0 Å². The Hall–Kier alpha value is -2.54. The van der Waals surface area contributed by atoms with Gasteiger partial charge in [0.05, 0.1) is 12.2 Å². The fraction of sp³-hybridized carbons (Fsp3) is 0.464. The molecule has 0 amide bonds. The monoisotopic (exact) mass is 497 g/mol. The first-order valence-electron chi connectivity index (χ1n) is 12.3. The van der Waals surface area contributed by atoms with Crippen LogP contribution >= 0.6 is 11.6 Å². The molecule has 1 saturated heterocycles. The van der Waals surface area contributed by atoms with Crippen molar-refractivity contribution in [2.24, 2.45) is 0 Å². The summed E-state index contributed by atoms with van der Waals surface area (Å²) in [7, 11) is 0. The summed E-state index contributed by atoms with van der Waals surface area (Å²) < 4.78 is 14.0. The molecule has 1 aromatic heterocycles. The third kappa shape index (κ3) is 6.78. The molecule has 1 fully saturated rings. The quantitative estimate of drug-likeness (QED) is 0.437. The molecule has 1 aliphatic rings. The van der Waals surface area contributed by atoms with Crippen LogP contribution in [0, 0.1) is 27.7 Å². The van der Waals surface area contributed by atoms with E-state index < -0.39 is 5.60 Å². The molecule has 0 saturated carbocycles. The predicted molar refractivity (Wildman–Crippen MR) is 140 cm³/mol. The number of benzene rings is 2. The zero-order chi connectivity index (χ0) is 25.0. The Kier molecular flexibility index (Phi) is 8.05. The highest BCUT2D eigenvalue weighted by Gasteiger charge is 2.34. The second-order valence-corrected chi connectivity index (χ2v) is 10.2. The lowest BCUT2D eigenvalue weighted by Gasteiger charge is -2.39. The number of aryl methyl sites for hydroxylation is 4. The number of β-amino-alcohol motifs (C(OH)–C–C–N with tert-alkyl or cyclic N) is 1. The molecule has 3 aromatic rings. The third-order valence-electron chi connectivity index (χ3n) is 6.53. The van der Waals surface area contributed by atoms with E-state index in [2.05, 4.69) is 35.1 Å². The molecule has 0 bridgehead atoms. The van der Waals surface area contributed by atoms with Crippen molar-refractivity contribution in [2.75, 3.05) is 26.3 Å². The molecular formula is C28H36ClN3O3. The minimum atomic E-state index is -0.881. The number of ether oxygens (including phenoxy) is 2. The number of hydrogen-bond acceptors (Lipinski definition) is 5. The van der Waals surface area contributed by atoms with Crippen LogP contribution in [0.1, 0.15) is 40.9 Å². The topological polar surface area (TPSA) is 59.8 Å². The maximum absolute atomic E-state index is 11.3. The minimum Gasteiger partial charge on any atom is -0.492 e. The summed E-state index contributed by atoms with van der Waals surface area (Å²) in [5.41, 5.74) is 4.42. The molecular weight excluding hydrogens is 462 g/mol. The third-order valence-corrected chi connectivity index (χ3v) is 7.13. The summed E-state index contributed by atoms with van der Waals surface area (Å²) in [6.45, 7) is 11.8. The summed E-state index contributed by atoms with van der Waals surface area (Å²) in [6, 6.07) is 14.1. The van der Waals surface area contributed by atoms with Gasteiger partial charge in [-0.2, -0.15) is 5.10 Å². The number of halogens is 1. The average Bonchev–Trinajstić information content (AvgIpc) is 3.13. The number of piperidine rings is 1. The number of hydrogen-bond donors (Lipinski definition) is 1. The van der Waals surface area contributed by atoms with Crippen molar-refractivity contribution in [1.82, 2.24) is 14.7 Å². The molecule has 2 heterocycles. The molecule has 0 radical (unpaired) electrons. The van der Waals surface area contributed by atoms with Gasteiger partial charge in [-0.1, -0.05) is 23.7 Å². The highest BCUT2D eigenvalue weighted by Crippen LogP contribution is 2.28. The van der Waals surface area contributed by atoms with Crippen molar-refractivity contribution in [3.8, 4) is 11.5 Å². The number of likely N-dealkylation sites (tertiary alicyclic amines) is 1. The highest BCUT2D eigenvalue weighted by molar-refractivity contribution is 6.32. The van der Waals surface area contributed by atoms with Crippen molar-refractivity contribution in [3.63, 3.8) is 0 Å². The SMILES string of the molecule is Cc1cc(C)n(CCOc2cccc(CN3CCC[C@@](O)(COc4cc(C)c(Cl)c(C)c4)C3)c2)n1. The molecule has 0 spiro atoms. The van der Waals surface area contributed by atoms with Crippen LogP contribution in [0.2, 0.25) is 5.02 Å². The largest absolute Gasteiger partial charge is 0.492 e. The first-order valence-corrected chi connectivity index (χ1v) is 12.7. The maximum Gasteiger partial charge on any atom is 0.120 e. The van der Waals surface area contributed by atoms with Gasteiger partial charge in [0.15, 0.2) is 0 Å². The van der Waals surface area contributed by atoms with E-state index in [1.165, 1.54) is 5.56 Å². The Morgan fingerprint density at radius 2 is 1.80 bits per heavy atom. The van der Waals surface area contributed by atoms with Gasteiger partial charge in [-0.3, -0.25) is 9.58 Å². The van der Waals surface area contributed by atoms with Gasteiger partial charge in [0, 0.05) is 23.8 Å². The van der Waals surface area contributed by atoms with E-state index in [1.54, 1.807) is 0 Å². The smallest absolute Gasteiger partial charge is 0.120 e. The van der Waals surface area contributed by atoms with E-state index in [9.17, 15) is 5.11 Å². The zero-order valence-corrected chi connectivity index (χ0v) is 21.9. The first-order chi connectivity index (χ1) is 16.7. The molecule has 35 heavy (non-hydrogen) atoms. The summed E-state index contributed by atoms with van der Waals surface area (Å²) >= 11 is 6.27. The van der Waals surface area contributed by atoms with E-state index in [4.69, 9.17) is 21.1 Å². The van der Waals surface area contributed by atoms with E-state index in [-0.39, 0.29) is 6.61 Å². The van der Waals surface area contributed by atoms with Gasteiger partial charge in [-0.25, -0.2) is 0 Å². The minimum absolute atomic E-state index is 0.263. The van der Waals surface area contributed by atoms with Crippen molar-refractivity contribution in [1.29, 1.82) is 0 Å². The van der Waals surface area contributed by atoms with Crippen LogP contribution in [0.15, 0.2) is 42.5 Å². The van der Waals surface area contributed by atoms with Gasteiger partial charge in [0.25, 0.3) is 0 Å². The molecule has 1 N–H and O–H groups in total. The fourth-order valence-electron chi connectivity index (χ4n) is 4.81. The van der Waals surface area contributed by atoms with E-state index in [0.717, 1.165) is 71.5 Å². The fourth-order valence-corrected chi connectivity index (χ4v) is 4.92. The number of nitrogens with zero attached hydrogens (tertiary/aromatic N) is 3. The lowest BCUT2D eigenvalue weighted by molar-refractivity contribution is -0.0621. The van der Waals surface area contributed by atoms with Crippen LogP contribution in [0.4, 0.5) is 0 Å². The molecule has 7 heteroatoms. The van der Waals surface area contributed by atoms with Crippen molar-refractivity contribution in [3.05, 3.63) is 75.6 Å². The van der Waals surface area contributed by atoms with E-state index in [0.29, 0.717) is 13.2 Å². The van der Waals surface area contributed by atoms with Gasteiger partial charge in [-0.05, 0) is 94.1 Å². The molecule has 188 valence electrons. The van der Waals surface area contributed by atoms with Crippen LogP contribution in [-0.2, 0) is 13.1 Å². The Labute approximate surface area is 213 Å². The maximum atomic E-state index is 11.3. The Morgan fingerprint density at radius 3 is 2.51 bits per heavy atom. The second-order valence-electron chi connectivity index (χ2n) is 9.84. The van der Waals surface area contributed by atoms with Crippen LogP contribution in [0.25, 0.3) is 0 Å². The van der Waals surface area contributed by atoms with Crippen LogP contribution in [0.5, 0.6) is 11.5 Å². The highest BCUT2D eigenvalue weighted by atomic mass is 35.5.